The van der Waals surface area contributed by atoms with E-state index in [1.807, 2.05) is 11.2 Å². The summed E-state index contributed by atoms with van der Waals surface area (Å²) in [7, 11) is 0. The molecule has 0 radical (unpaired) electrons. The van der Waals surface area contributed by atoms with Crippen molar-refractivity contribution in [1.82, 2.24) is 24.6 Å². The third-order valence-corrected chi connectivity index (χ3v) is 4.92. The van der Waals surface area contributed by atoms with Crippen molar-refractivity contribution in [3.05, 3.63) is 12.2 Å². The van der Waals surface area contributed by atoms with Crippen molar-refractivity contribution in [1.29, 1.82) is 0 Å². The summed E-state index contributed by atoms with van der Waals surface area (Å²) in [6.45, 7) is 7.44. The first kappa shape index (κ1) is 15.5. The summed E-state index contributed by atoms with van der Waals surface area (Å²) in [5.41, 5.74) is 0. The van der Waals surface area contributed by atoms with Crippen LogP contribution >= 0.6 is 0 Å². The van der Waals surface area contributed by atoms with E-state index in [9.17, 15) is 4.79 Å². The molecule has 2 saturated heterocycles. The summed E-state index contributed by atoms with van der Waals surface area (Å²) in [6, 6.07) is 0. The maximum Gasteiger partial charge on any atom is 0.236 e. The number of hydrogen-bond donors (Lipinski definition) is 0. The van der Waals surface area contributed by atoms with E-state index in [2.05, 4.69) is 26.6 Å². The van der Waals surface area contributed by atoms with Gasteiger partial charge in [-0.3, -0.25) is 9.69 Å². The van der Waals surface area contributed by atoms with Crippen LogP contribution in [0.3, 0.4) is 0 Å². The first-order chi connectivity index (χ1) is 10.8. The Balaban J connectivity index is 1.57. The normalized spacial score (nSPS) is 23.7. The molecule has 2 fully saturated rings. The maximum atomic E-state index is 12.4. The van der Waals surface area contributed by atoms with Crippen molar-refractivity contribution >= 4 is 5.91 Å². The molecule has 1 unspecified atom stereocenters. The van der Waals surface area contributed by atoms with E-state index < -0.39 is 0 Å². The molecule has 1 atom stereocenters. The topological polar surface area (TPSA) is 54.3 Å². The highest BCUT2D eigenvalue weighted by atomic mass is 16.2. The first-order valence-electron chi connectivity index (χ1n) is 8.65. The molecular formula is C16H27N5O. The standard InChI is InChI=1S/C16H27N5O/c1-2-20-13-17-18-16(20)14-7-6-8-19(11-14)12-15(22)21-9-4-3-5-10-21/h13-14H,2-12H2,1H3. The number of nitrogens with zero attached hydrogens (tertiary/aromatic N) is 5. The number of hydrogen-bond acceptors (Lipinski definition) is 4. The van der Waals surface area contributed by atoms with Gasteiger partial charge in [-0.2, -0.15) is 0 Å². The van der Waals surface area contributed by atoms with Gasteiger partial charge < -0.3 is 9.47 Å². The lowest BCUT2D eigenvalue weighted by atomic mass is 9.97. The Morgan fingerprint density at radius 2 is 2.05 bits per heavy atom. The molecule has 0 saturated carbocycles. The lowest BCUT2D eigenvalue weighted by Gasteiger charge is -2.34. The van der Waals surface area contributed by atoms with Crippen molar-refractivity contribution < 1.29 is 4.79 Å². The van der Waals surface area contributed by atoms with Crippen LogP contribution in [0.5, 0.6) is 0 Å². The monoisotopic (exact) mass is 305 g/mol. The Labute approximate surface area is 132 Å². The molecule has 6 nitrogen and oxygen atoms in total. The fraction of sp³-hybridized carbons (Fsp3) is 0.812. The Kier molecular flexibility index (Phi) is 5.08. The molecule has 22 heavy (non-hydrogen) atoms. The number of rotatable bonds is 4. The molecule has 3 rings (SSSR count). The largest absolute Gasteiger partial charge is 0.342 e. The summed E-state index contributed by atoms with van der Waals surface area (Å²) in [5, 5.41) is 8.35. The van der Waals surface area contributed by atoms with Crippen LogP contribution < -0.4 is 0 Å². The Bertz CT molecular complexity index is 494. The Hall–Kier alpha value is -1.43. The van der Waals surface area contributed by atoms with E-state index in [1.165, 1.54) is 6.42 Å². The van der Waals surface area contributed by atoms with Crippen molar-refractivity contribution in [2.24, 2.45) is 0 Å². The van der Waals surface area contributed by atoms with Gasteiger partial charge in [-0.1, -0.05) is 0 Å². The van der Waals surface area contributed by atoms with E-state index >= 15 is 0 Å². The molecule has 0 spiro atoms. The zero-order chi connectivity index (χ0) is 15.4. The summed E-state index contributed by atoms with van der Waals surface area (Å²) in [5.74, 6) is 1.79. The molecule has 2 aliphatic heterocycles. The summed E-state index contributed by atoms with van der Waals surface area (Å²) < 4.78 is 2.13. The van der Waals surface area contributed by atoms with Gasteiger partial charge >= 0.3 is 0 Å². The summed E-state index contributed by atoms with van der Waals surface area (Å²) >= 11 is 0. The third-order valence-electron chi connectivity index (χ3n) is 4.92. The predicted molar refractivity (Wildman–Crippen MR) is 84.5 cm³/mol. The van der Waals surface area contributed by atoms with Crippen LogP contribution in [-0.2, 0) is 11.3 Å². The SMILES string of the molecule is CCn1cnnc1C1CCCN(CC(=O)N2CCCCC2)C1. The average molecular weight is 305 g/mol. The fourth-order valence-corrected chi connectivity index (χ4v) is 3.67. The second-order valence-corrected chi connectivity index (χ2v) is 6.49. The molecule has 0 aromatic carbocycles. The Morgan fingerprint density at radius 3 is 2.82 bits per heavy atom. The zero-order valence-electron chi connectivity index (χ0n) is 13.6. The van der Waals surface area contributed by atoms with Gasteiger partial charge in [0.05, 0.1) is 6.54 Å². The minimum atomic E-state index is 0.303. The Morgan fingerprint density at radius 1 is 1.23 bits per heavy atom. The van der Waals surface area contributed by atoms with E-state index in [1.54, 1.807) is 0 Å². The first-order valence-corrected chi connectivity index (χ1v) is 8.65. The van der Waals surface area contributed by atoms with Gasteiger partial charge in [0, 0.05) is 32.1 Å². The molecular weight excluding hydrogens is 278 g/mol. The van der Waals surface area contributed by atoms with Crippen molar-refractivity contribution in [2.75, 3.05) is 32.7 Å². The predicted octanol–water partition coefficient (Wildman–Crippen LogP) is 1.49. The maximum absolute atomic E-state index is 12.4. The van der Waals surface area contributed by atoms with Crippen molar-refractivity contribution in [3.63, 3.8) is 0 Å². The van der Waals surface area contributed by atoms with Gasteiger partial charge in [0.1, 0.15) is 12.2 Å². The number of aryl methyl sites for hydroxylation is 1. The van der Waals surface area contributed by atoms with Gasteiger partial charge in [-0.05, 0) is 45.6 Å². The minimum absolute atomic E-state index is 0.303. The van der Waals surface area contributed by atoms with E-state index in [0.29, 0.717) is 18.4 Å². The highest BCUT2D eigenvalue weighted by Gasteiger charge is 2.27. The molecule has 0 aliphatic carbocycles. The molecule has 1 aromatic rings. The third kappa shape index (κ3) is 3.48. The molecule has 122 valence electrons. The van der Waals surface area contributed by atoms with E-state index in [-0.39, 0.29) is 0 Å². The van der Waals surface area contributed by atoms with Crippen LogP contribution in [0, 0.1) is 0 Å². The van der Waals surface area contributed by atoms with E-state index in [4.69, 9.17) is 0 Å². The molecule has 0 bridgehead atoms. The van der Waals surface area contributed by atoms with Crippen LogP contribution in [0.25, 0.3) is 0 Å². The lowest BCUT2D eigenvalue weighted by molar-refractivity contribution is -0.133. The van der Waals surface area contributed by atoms with Gasteiger partial charge in [-0.15, -0.1) is 10.2 Å². The second-order valence-electron chi connectivity index (χ2n) is 6.49. The smallest absolute Gasteiger partial charge is 0.236 e. The lowest BCUT2D eigenvalue weighted by Crippen LogP contribution is -2.45. The number of piperidine rings is 2. The van der Waals surface area contributed by atoms with Gasteiger partial charge in [0.15, 0.2) is 0 Å². The van der Waals surface area contributed by atoms with Gasteiger partial charge in [0.25, 0.3) is 0 Å². The van der Waals surface area contributed by atoms with Gasteiger partial charge in [-0.25, -0.2) is 0 Å². The highest BCUT2D eigenvalue weighted by molar-refractivity contribution is 5.78. The molecule has 3 heterocycles. The number of aromatic nitrogens is 3. The summed E-state index contributed by atoms with van der Waals surface area (Å²) in [6.07, 6.45) is 7.68. The van der Waals surface area contributed by atoms with Gasteiger partial charge in [0.2, 0.25) is 5.91 Å². The van der Waals surface area contributed by atoms with Crippen molar-refractivity contribution in [3.8, 4) is 0 Å². The number of likely N-dealkylation sites (tertiary alicyclic amines) is 2. The van der Waals surface area contributed by atoms with E-state index in [0.717, 1.165) is 64.2 Å². The minimum Gasteiger partial charge on any atom is -0.342 e. The number of carbonyl (C=O) groups excluding carboxylic acids is 1. The molecule has 0 N–H and O–H groups in total. The summed E-state index contributed by atoms with van der Waals surface area (Å²) in [4.78, 5) is 16.8. The second kappa shape index (κ2) is 7.22. The molecule has 2 aliphatic rings. The molecule has 6 heteroatoms. The zero-order valence-corrected chi connectivity index (χ0v) is 13.6. The van der Waals surface area contributed by atoms with Crippen LogP contribution in [0.2, 0.25) is 0 Å². The quantitative estimate of drug-likeness (QED) is 0.846. The average Bonchev–Trinajstić information content (AvgIpc) is 3.04. The number of carbonyl (C=O) groups is 1. The highest BCUT2D eigenvalue weighted by Crippen LogP contribution is 2.25. The van der Waals surface area contributed by atoms with Crippen LogP contribution in [-0.4, -0.2) is 63.2 Å². The fourth-order valence-electron chi connectivity index (χ4n) is 3.67. The van der Waals surface area contributed by atoms with Crippen LogP contribution in [0.1, 0.15) is 50.8 Å². The van der Waals surface area contributed by atoms with Crippen LogP contribution in [0.15, 0.2) is 6.33 Å². The van der Waals surface area contributed by atoms with Crippen LogP contribution in [0.4, 0.5) is 0 Å². The van der Waals surface area contributed by atoms with Crippen molar-refractivity contribution in [2.45, 2.75) is 51.5 Å². The molecule has 1 aromatic heterocycles. The number of amides is 1. The molecule has 1 amide bonds.